The third kappa shape index (κ3) is 3.40. The van der Waals surface area contributed by atoms with Gasteiger partial charge in [-0.05, 0) is 28.3 Å². The molecule has 0 N–H and O–H groups in total. The third-order valence-electron chi connectivity index (χ3n) is 5.07. The van der Waals surface area contributed by atoms with Gasteiger partial charge in [0.05, 0.1) is 5.41 Å². The molecule has 0 heterocycles. The average Bonchev–Trinajstić information content (AvgIpc) is 2.77. The molecule has 0 unspecified atom stereocenters. The maximum atomic E-state index is 7.20. The van der Waals surface area contributed by atoms with Gasteiger partial charge in [-0.2, -0.15) is 0 Å². The first kappa shape index (κ1) is 18.3. The molecule has 0 bridgehead atoms. The lowest BCUT2D eigenvalue weighted by molar-refractivity contribution is 0.766. The van der Waals surface area contributed by atoms with Crippen molar-refractivity contribution in [3.63, 3.8) is 0 Å². The molecule has 0 radical (unpaired) electrons. The molecule has 0 atom stereocenters. The van der Waals surface area contributed by atoms with Crippen molar-refractivity contribution in [2.75, 3.05) is 0 Å². The second kappa shape index (κ2) is 8.29. The predicted molar refractivity (Wildman–Crippen MR) is 119 cm³/mol. The molecule has 0 aliphatic carbocycles. The van der Waals surface area contributed by atoms with E-state index < -0.39 is 5.41 Å². The molecule has 0 spiro atoms. The van der Waals surface area contributed by atoms with Gasteiger partial charge in [-0.3, -0.25) is 0 Å². The zero-order valence-electron chi connectivity index (χ0n) is 15.5. The molecule has 0 aromatic heterocycles. The summed E-state index contributed by atoms with van der Waals surface area (Å²) in [5, 5.41) is 0.766. The summed E-state index contributed by atoms with van der Waals surface area (Å²) in [6.07, 6.45) is 2.08. The van der Waals surface area contributed by atoms with Crippen LogP contribution in [0.25, 0.3) is 6.08 Å². The Morgan fingerprint density at radius 3 is 1.18 bits per heavy atom. The highest BCUT2D eigenvalue weighted by atomic mass is 35.5. The molecule has 4 aromatic rings. The fraction of sp³-hybridized carbons (Fsp3) is 0.0370. The van der Waals surface area contributed by atoms with Crippen molar-refractivity contribution in [3.05, 3.63) is 149 Å². The quantitative estimate of drug-likeness (QED) is 0.318. The Hall–Kier alpha value is -3.09. The first-order valence-corrected chi connectivity index (χ1v) is 9.79. The number of hydrogen-bond acceptors (Lipinski definition) is 0. The van der Waals surface area contributed by atoms with Crippen LogP contribution in [0, 0.1) is 0 Å². The molecule has 0 saturated heterocycles. The molecule has 4 rings (SSSR count). The zero-order valence-corrected chi connectivity index (χ0v) is 16.3. The highest BCUT2D eigenvalue weighted by Crippen LogP contribution is 2.47. The van der Waals surface area contributed by atoms with Gasteiger partial charge < -0.3 is 0 Å². The smallest absolute Gasteiger partial charge is 0.0808 e. The molecular weight excluding hydrogens is 360 g/mol. The van der Waals surface area contributed by atoms with Crippen molar-refractivity contribution in [2.24, 2.45) is 0 Å². The van der Waals surface area contributed by atoms with Crippen LogP contribution in [0.5, 0.6) is 0 Å². The first-order valence-electron chi connectivity index (χ1n) is 9.41. The van der Waals surface area contributed by atoms with Gasteiger partial charge in [-0.1, -0.05) is 133 Å². The standard InChI is InChI=1S/C27H21Cl/c28-26(21-22-13-5-1-6-14-22)27(23-15-7-2-8-16-23,24-17-9-3-10-18-24)25-19-11-4-12-20-25/h1-21H. The van der Waals surface area contributed by atoms with Crippen LogP contribution in [0.15, 0.2) is 126 Å². The minimum atomic E-state index is -0.582. The largest absolute Gasteiger partial charge is 0.0874 e. The molecule has 0 nitrogen and oxygen atoms in total. The topological polar surface area (TPSA) is 0 Å². The van der Waals surface area contributed by atoms with Crippen LogP contribution in [0.2, 0.25) is 0 Å². The summed E-state index contributed by atoms with van der Waals surface area (Å²) in [6.45, 7) is 0. The SMILES string of the molecule is ClC(=Cc1ccccc1)C(c1ccccc1)(c1ccccc1)c1ccccc1. The van der Waals surface area contributed by atoms with Crippen LogP contribution in [0.4, 0.5) is 0 Å². The number of hydrogen-bond donors (Lipinski definition) is 0. The Labute approximate surface area is 171 Å². The van der Waals surface area contributed by atoms with Crippen molar-refractivity contribution >= 4 is 17.7 Å². The lowest BCUT2D eigenvalue weighted by Gasteiger charge is -2.36. The van der Waals surface area contributed by atoms with Crippen molar-refractivity contribution in [1.82, 2.24) is 0 Å². The zero-order chi connectivity index (χ0) is 19.2. The van der Waals surface area contributed by atoms with Crippen molar-refractivity contribution in [1.29, 1.82) is 0 Å². The van der Waals surface area contributed by atoms with Crippen LogP contribution in [-0.4, -0.2) is 0 Å². The summed E-state index contributed by atoms with van der Waals surface area (Å²) in [6, 6.07) is 41.7. The van der Waals surface area contributed by atoms with Crippen LogP contribution in [-0.2, 0) is 5.41 Å². The summed E-state index contributed by atoms with van der Waals surface area (Å²) >= 11 is 7.20. The summed E-state index contributed by atoms with van der Waals surface area (Å²) in [7, 11) is 0. The predicted octanol–water partition coefficient (Wildman–Crippen LogP) is 7.30. The van der Waals surface area contributed by atoms with Crippen molar-refractivity contribution in [3.8, 4) is 0 Å². The van der Waals surface area contributed by atoms with E-state index in [0.717, 1.165) is 27.3 Å². The van der Waals surface area contributed by atoms with Gasteiger partial charge in [0.25, 0.3) is 0 Å². The molecule has 0 amide bonds. The second-order valence-corrected chi connectivity index (χ2v) is 7.16. The number of rotatable bonds is 5. The summed E-state index contributed by atoms with van der Waals surface area (Å²) in [5.41, 5.74) is 3.93. The van der Waals surface area contributed by atoms with E-state index in [1.54, 1.807) is 0 Å². The van der Waals surface area contributed by atoms with E-state index in [0.29, 0.717) is 0 Å². The van der Waals surface area contributed by atoms with E-state index in [2.05, 4.69) is 91.0 Å². The van der Waals surface area contributed by atoms with Crippen LogP contribution in [0.3, 0.4) is 0 Å². The van der Waals surface area contributed by atoms with Crippen molar-refractivity contribution in [2.45, 2.75) is 5.41 Å². The van der Waals surface area contributed by atoms with E-state index in [4.69, 9.17) is 11.6 Å². The maximum absolute atomic E-state index is 7.20. The van der Waals surface area contributed by atoms with Gasteiger partial charge in [-0.15, -0.1) is 0 Å². The summed E-state index contributed by atoms with van der Waals surface area (Å²) in [4.78, 5) is 0. The van der Waals surface area contributed by atoms with Gasteiger partial charge in [0, 0.05) is 5.03 Å². The Morgan fingerprint density at radius 2 is 0.821 bits per heavy atom. The van der Waals surface area contributed by atoms with Gasteiger partial charge in [0.2, 0.25) is 0 Å². The molecule has 0 saturated carbocycles. The fourth-order valence-corrected chi connectivity index (χ4v) is 4.24. The minimum Gasteiger partial charge on any atom is -0.0874 e. The number of benzene rings is 4. The fourth-order valence-electron chi connectivity index (χ4n) is 3.78. The number of allylic oxidation sites excluding steroid dienone is 1. The minimum absolute atomic E-state index is 0.582. The van der Waals surface area contributed by atoms with Crippen molar-refractivity contribution < 1.29 is 0 Å². The maximum Gasteiger partial charge on any atom is 0.0808 e. The average molecular weight is 381 g/mol. The van der Waals surface area contributed by atoms with E-state index in [1.165, 1.54) is 0 Å². The molecule has 0 fully saturated rings. The lowest BCUT2D eigenvalue weighted by Crippen LogP contribution is -2.30. The van der Waals surface area contributed by atoms with E-state index in [9.17, 15) is 0 Å². The highest BCUT2D eigenvalue weighted by Gasteiger charge is 2.39. The molecule has 28 heavy (non-hydrogen) atoms. The molecule has 4 aromatic carbocycles. The molecular formula is C27H21Cl. The Bertz CT molecular complexity index is 940. The van der Waals surface area contributed by atoms with E-state index in [1.807, 2.05) is 36.4 Å². The van der Waals surface area contributed by atoms with Gasteiger partial charge in [-0.25, -0.2) is 0 Å². The highest BCUT2D eigenvalue weighted by molar-refractivity contribution is 6.33. The summed E-state index contributed by atoms with van der Waals surface area (Å²) in [5.74, 6) is 0. The van der Waals surface area contributed by atoms with Gasteiger partial charge >= 0.3 is 0 Å². The Kier molecular flexibility index (Phi) is 5.41. The monoisotopic (exact) mass is 380 g/mol. The molecule has 136 valence electrons. The Morgan fingerprint density at radius 1 is 0.500 bits per heavy atom. The van der Waals surface area contributed by atoms with Crippen LogP contribution in [0.1, 0.15) is 22.3 Å². The van der Waals surface area contributed by atoms with Crippen LogP contribution < -0.4 is 0 Å². The second-order valence-electron chi connectivity index (χ2n) is 6.75. The molecule has 0 aliphatic heterocycles. The Balaban J connectivity index is 2.06. The molecule has 0 aliphatic rings. The van der Waals surface area contributed by atoms with Gasteiger partial charge in [0.1, 0.15) is 0 Å². The summed E-state index contributed by atoms with van der Waals surface area (Å²) < 4.78 is 0. The lowest BCUT2D eigenvalue weighted by atomic mass is 9.69. The third-order valence-corrected chi connectivity index (χ3v) is 5.46. The van der Waals surface area contributed by atoms with Crippen LogP contribution >= 0.6 is 11.6 Å². The van der Waals surface area contributed by atoms with E-state index in [-0.39, 0.29) is 0 Å². The normalized spacial score (nSPS) is 12.0. The van der Waals surface area contributed by atoms with Gasteiger partial charge in [0.15, 0.2) is 0 Å². The first-order chi connectivity index (χ1) is 13.8. The van der Waals surface area contributed by atoms with E-state index >= 15 is 0 Å². The molecule has 1 heteroatoms. The number of halogens is 1.